The number of amides is 3. The summed E-state index contributed by atoms with van der Waals surface area (Å²) in [5.41, 5.74) is 0. The molecule has 0 unspecified atom stereocenters. The molecule has 0 radical (unpaired) electrons. The fourth-order valence-corrected chi connectivity index (χ4v) is 0.969. The van der Waals surface area contributed by atoms with E-state index in [4.69, 9.17) is 0 Å². The average molecular weight is 240 g/mol. The predicted octanol–water partition coefficient (Wildman–Crippen LogP) is 0.278. The Morgan fingerprint density at radius 3 is 2.67 bits per heavy atom. The van der Waals surface area contributed by atoms with Crippen LogP contribution in [0.25, 0.3) is 0 Å². The molecule has 0 aromatic carbocycles. The monoisotopic (exact) mass is 240 g/mol. The standard InChI is InChI=1S/C4H5IN2O2/c5-7-3(8)1-2-6-4(7)9/h1-2H2,(H,6,9). The van der Waals surface area contributed by atoms with Gasteiger partial charge in [0.05, 0.1) is 22.9 Å². The third kappa shape index (κ3) is 1.32. The molecule has 0 atom stereocenters. The Labute approximate surface area is 66.1 Å². The number of nitrogens with zero attached hydrogens (tertiary/aromatic N) is 1. The molecule has 1 aliphatic heterocycles. The van der Waals surface area contributed by atoms with E-state index in [-0.39, 0.29) is 11.9 Å². The van der Waals surface area contributed by atoms with Crippen LogP contribution in [-0.4, -0.2) is 21.6 Å². The van der Waals surface area contributed by atoms with Crippen LogP contribution in [0.3, 0.4) is 0 Å². The first-order chi connectivity index (χ1) is 4.22. The summed E-state index contributed by atoms with van der Waals surface area (Å²) in [6.07, 6.45) is 0.411. The maximum absolute atomic E-state index is 10.7. The van der Waals surface area contributed by atoms with Crippen LogP contribution >= 0.6 is 22.9 Å². The van der Waals surface area contributed by atoms with E-state index < -0.39 is 0 Å². The van der Waals surface area contributed by atoms with E-state index in [0.717, 1.165) is 3.11 Å². The van der Waals surface area contributed by atoms with Crippen LogP contribution in [-0.2, 0) is 4.79 Å². The van der Waals surface area contributed by atoms with Gasteiger partial charge in [-0.2, -0.15) is 0 Å². The quantitative estimate of drug-likeness (QED) is 0.488. The molecule has 1 heterocycles. The Hall–Kier alpha value is -0.330. The molecule has 0 spiro atoms. The molecule has 0 saturated carbocycles. The first kappa shape index (κ1) is 6.79. The van der Waals surface area contributed by atoms with E-state index in [0.29, 0.717) is 13.0 Å². The number of carbonyl (C=O) groups excluding carboxylic acids is 2. The minimum atomic E-state index is -0.313. The van der Waals surface area contributed by atoms with Crippen molar-refractivity contribution in [3.63, 3.8) is 0 Å². The lowest BCUT2D eigenvalue weighted by molar-refractivity contribution is -0.124. The number of halogens is 1. The molecule has 0 aromatic rings. The van der Waals surface area contributed by atoms with Gasteiger partial charge in [-0.05, 0) is 0 Å². The van der Waals surface area contributed by atoms with Gasteiger partial charge in [-0.15, -0.1) is 0 Å². The number of hydrogen-bond acceptors (Lipinski definition) is 2. The number of hydrogen-bond donors (Lipinski definition) is 1. The van der Waals surface area contributed by atoms with Crippen LogP contribution in [0.15, 0.2) is 0 Å². The fraction of sp³-hybridized carbons (Fsp3) is 0.500. The summed E-state index contributed by atoms with van der Waals surface area (Å²) in [5, 5.41) is 2.52. The van der Waals surface area contributed by atoms with Crippen LogP contribution in [0, 0.1) is 0 Å². The van der Waals surface area contributed by atoms with Gasteiger partial charge in [0.1, 0.15) is 0 Å². The van der Waals surface area contributed by atoms with Crippen molar-refractivity contribution in [2.75, 3.05) is 6.54 Å². The van der Waals surface area contributed by atoms with Crippen molar-refractivity contribution in [1.82, 2.24) is 8.43 Å². The summed E-state index contributed by atoms with van der Waals surface area (Å²) in [7, 11) is 0. The van der Waals surface area contributed by atoms with E-state index in [1.807, 2.05) is 0 Å². The van der Waals surface area contributed by atoms with Gasteiger partial charge in [-0.25, -0.2) is 7.91 Å². The maximum atomic E-state index is 10.7. The van der Waals surface area contributed by atoms with Crippen LogP contribution in [0.5, 0.6) is 0 Å². The van der Waals surface area contributed by atoms with Gasteiger partial charge in [0.25, 0.3) is 0 Å². The Morgan fingerprint density at radius 2 is 2.22 bits per heavy atom. The van der Waals surface area contributed by atoms with Gasteiger partial charge < -0.3 is 5.32 Å². The molecule has 0 aliphatic carbocycles. The van der Waals surface area contributed by atoms with E-state index >= 15 is 0 Å². The topological polar surface area (TPSA) is 49.4 Å². The van der Waals surface area contributed by atoms with Crippen LogP contribution in [0.1, 0.15) is 6.42 Å². The largest absolute Gasteiger partial charge is 0.336 e. The van der Waals surface area contributed by atoms with Crippen LogP contribution in [0.2, 0.25) is 0 Å². The SMILES string of the molecule is O=C1CCNC(=O)N1I. The zero-order chi connectivity index (χ0) is 6.85. The normalized spacial score (nSPS) is 19.9. The Bertz CT molecular complexity index is 143. The van der Waals surface area contributed by atoms with Crippen molar-refractivity contribution in [3.05, 3.63) is 0 Å². The molecule has 1 N–H and O–H groups in total. The summed E-state index contributed by atoms with van der Waals surface area (Å²) in [5.74, 6) is -0.126. The van der Waals surface area contributed by atoms with Crippen molar-refractivity contribution in [2.24, 2.45) is 0 Å². The van der Waals surface area contributed by atoms with Gasteiger partial charge in [0, 0.05) is 13.0 Å². The Morgan fingerprint density at radius 1 is 1.56 bits per heavy atom. The number of urea groups is 1. The molecule has 50 valence electrons. The first-order valence-electron chi connectivity index (χ1n) is 2.48. The lowest BCUT2D eigenvalue weighted by Gasteiger charge is -2.18. The minimum Gasteiger partial charge on any atom is -0.336 e. The smallest absolute Gasteiger partial charge is 0.333 e. The average Bonchev–Trinajstić information content (AvgIpc) is 1.83. The predicted molar refractivity (Wildman–Crippen MR) is 38.9 cm³/mol. The molecule has 1 fully saturated rings. The van der Waals surface area contributed by atoms with Gasteiger partial charge in [-0.1, -0.05) is 0 Å². The summed E-state index contributed by atoms with van der Waals surface area (Å²) < 4.78 is 1.06. The first-order valence-corrected chi connectivity index (χ1v) is 3.45. The third-order valence-electron chi connectivity index (χ3n) is 1.01. The Balaban J connectivity index is 2.62. The molecule has 9 heavy (non-hydrogen) atoms. The highest BCUT2D eigenvalue weighted by atomic mass is 127. The second-order valence-electron chi connectivity index (χ2n) is 1.66. The molecule has 1 aliphatic rings. The van der Waals surface area contributed by atoms with E-state index in [9.17, 15) is 9.59 Å². The second kappa shape index (κ2) is 2.51. The molecule has 5 heteroatoms. The van der Waals surface area contributed by atoms with Crippen molar-refractivity contribution < 1.29 is 9.59 Å². The number of imide groups is 1. The third-order valence-corrected chi connectivity index (χ3v) is 1.99. The highest BCUT2D eigenvalue weighted by Gasteiger charge is 2.22. The summed E-state index contributed by atoms with van der Waals surface area (Å²) in [6, 6.07) is -0.313. The maximum Gasteiger partial charge on any atom is 0.333 e. The highest BCUT2D eigenvalue weighted by Crippen LogP contribution is 2.06. The van der Waals surface area contributed by atoms with Crippen LogP contribution < -0.4 is 5.32 Å². The molecule has 0 bridgehead atoms. The number of carbonyl (C=O) groups is 2. The van der Waals surface area contributed by atoms with E-state index in [2.05, 4.69) is 5.32 Å². The van der Waals surface area contributed by atoms with E-state index in [1.54, 1.807) is 22.9 Å². The summed E-state index contributed by atoms with van der Waals surface area (Å²) in [4.78, 5) is 21.3. The number of rotatable bonds is 0. The van der Waals surface area contributed by atoms with Gasteiger partial charge >= 0.3 is 6.03 Å². The van der Waals surface area contributed by atoms with Crippen molar-refractivity contribution in [1.29, 1.82) is 0 Å². The molecular weight excluding hydrogens is 235 g/mol. The molecule has 1 saturated heterocycles. The van der Waals surface area contributed by atoms with Gasteiger partial charge in [0.15, 0.2) is 0 Å². The van der Waals surface area contributed by atoms with Gasteiger partial charge in [0.2, 0.25) is 5.91 Å². The molecule has 1 rings (SSSR count). The van der Waals surface area contributed by atoms with Crippen molar-refractivity contribution in [3.8, 4) is 0 Å². The lowest BCUT2D eigenvalue weighted by Crippen LogP contribution is -2.44. The summed E-state index contributed by atoms with van der Waals surface area (Å²) >= 11 is 1.68. The zero-order valence-electron chi connectivity index (χ0n) is 4.56. The molecule has 0 aromatic heterocycles. The second-order valence-corrected chi connectivity index (χ2v) is 2.62. The van der Waals surface area contributed by atoms with Crippen LogP contribution in [0.4, 0.5) is 4.79 Å². The summed E-state index contributed by atoms with van der Waals surface area (Å²) in [6.45, 7) is 0.469. The van der Waals surface area contributed by atoms with E-state index in [1.165, 1.54) is 0 Å². The zero-order valence-corrected chi connectivity index (χ0v) is 6.71. The molecule has 3 amide bonds. The van der Waals surface area contributed by atoms with Crippen molar-refractivity contribution >= 4 is 34.8 Å². The lowest BCUT2D eigenvalue weighted by atomic mass is 10.3. The minimum absolute atomic E-state index is 0.126. The number of nitrogens with one attached hydrogen (secondary N) is 1. The highest BCUT2D eigenvalue weighted by molar-refractivity contribution is 14.1. The Kier molecular flexibility index (Phi) is 1.89. The molecular formula is C4H5IN2O2. The van der Waals surface area contributed by atoms with Crippen molar-refractivity contribution in [2.45, 2.75) is 6.42 Å². The fourth-order valence-electron chi connectivity index (χ4n) is 0.557. The van der Waals surface area contributed by atoms with Gasteiger partial charge in [-0.3, -0.25) is 4.79 Å². The molecule has 4 nitrogen and oxygen atoms in total.